The molecule has 2 fully saturated rings. The van der Waals surface area contributed by atoms with E-state index in [0.29, 0.717) is 19.6 Å². The molecule has 3 N–H and O–H groups in total. The van der Waals surface area contributed by atoms with Crippen molar-refractivity contribution < 1.29 is 14.3 Å². The van der Waals surface area contributed by atoms with Crippen molar-refractivity contribution in [1.29, 1.82) is 0 Å². The van der Waals surface area contributed by atoms with Crippen LogP contribution in [0.25, 0.3) is 0 Å². The summed E-state index contributed by atoms with van der Waals surface area (Å²) in [5, 5.41) is 3.18. The topological polar surface area (TPSA) is 84.7 Å². The van der Waals surface area contributed by atoms with Gasteiger partial charge >= 0.3 is 0 Å². The minimum atomic E-state index is -0.103. The first kappa shape index (κ1) is 19.7. The molecule has 0 spiro atoms. The number of likely N-dealkylation sites (tertiary alicyclic amines) is 1. The van der Waals surface area contributed by atoms with E-state index in [9.17, 15) is 9.59 Å². The van der Waals surface area contributed by atoms with Gasteiger partial charge in [0.25, 0.3) is 0 Å². The van der Waals surface area contributed by atoms with Crippen molar-refractivity contribution >= 4 is 11.8 Å². The lowest BCUT2D eigenvalue weighted by Crippen LogP contribution is -2.48. The van der Waals surface area contributed by atoms with E-state index in [-0.39, 0.29) is 29.8 Å². The van der Waals surface area contributed by atoms with Crippen molar-refractivity contribution in [2.75, 3.05) is 19.7 Å². The third kappa shape index (κ3) is 5.96. The Kier molecular flexibility index (Phi) is 7.10. The van der Waals surface area contributed by atoms with Crippen LogP contribution in [-0.2, 0) is 9.59 Å². The fraction of sp³-hybridized carbons (Fsp3) is 0.619. The van der Waals surface area contributed by atoms with Gasteiger partial charge in [0.1, 0.15) is 5.75 Å². The fourth-order valence-electron chi connectivity index (χ4n) is 3.93. The summed E-state index contributed by atoms with van der Waals surface area (Å²) in [6, 6.07) is 10.0. The second-order valence-electron chi connectivity index (χ2n) is 7.71. The molecule has 1 heterocycles. The summed E-state index contributed by atoms with van der Waals surface area (Å²) in [6.45, 7) is 1.60. The first-order valence-corrected chi connectivity index (χ1v) is 10.1. The minimum absolute atomic E-state index is 0.0621. The summed E-state index contributed by atoms with van der Waals surface area (Å²) in [5.74, 6) is 0.822. The van der Waals surface area contributed by atoms with Gasteiger partial charge in [0.15, 0.2) is 0 Å². The highest BCUT2D eigenvalue weighted by Gasteiger charge is 2.30. The largest absolute Gasteiger partial charge is 0.493 e. The monoisotopic (exact) mass is 373 g/mol. The lowest BCUT2D eigenvalue weighted by Gasteiger charge is -2.34. The average molecular weight is 373 g/mol. The quantitative estimate of drug-likeness (QED) is 0.800. The molecular formula is C21H31N3O3. The number of carbonyl (C=O) groups is 2. The Hall–Kier alpha value is -2.08. The van der Waals surface area contributed by atoms with Gasteiger partial charge in [-0.3, -0.25) is 9.59 Å². The highest BCUT2D eigenvalue weighted by molar-refractivity contribution is 5.81. The maximum absolute atomic E-state index is 12.6. The van der Waals surface area contributed by atoms with Crippen molar-refractivity contribution in [3.05, 3.63) is 30.3 Å². The van der Waals surface area contributed by atoms with Gasteiger partial charge in [-0.1, -0.05) is 18.2 Å². The van der Waals surface area contributed by atoms with Crippen molar-refractivity contribution in [3.63, 3.8) is 0 Å². The predicted octanol–water partition coefficient (Wildman–Crippen LogP) is 2.08. The Labute approximate surface area is 161 Å². The summed E-state index contributed by atoms with van der Waals surface area (Å²) in [7, 11) is 0. The minimum Gasteiger partial charge on any atom is -0.493 e. The Bertz CT molecular complexity index is 614. The van der Waals surface area contributed by atoms with Gasteiger partial charge in [0.2, 0.25) is 11.8 Å². The van der Waals surface area contributed by atoms with Crippen LogP contribution in [0.2, 0.25) is 0 Å². The van der Waals surface area contributed by atoms with E-state index < -0.39 is 0 Å². The zero-order valence-corrected chi connectivity index (χ0v) is 15.9. The molecular weight excluding hydrogens is 342 g/mol. The Balaban J connectivity index is 1.41. The van der Waals surface area contributed by atoms with E-state index >= 15 is 0 Å². The number of hydrogen-bond acceptors (Lipinski definition) is 4. The SMILES string of the molecule is NC1CCC(NC(=O)C2CCCN(C(=O)CCOc3ccccc3)C2)CC1. The molecule has 6 heteroatoms. The van der Waals surface area contributed by atoms with E-state index in [2.05, 4.69) is 5.32 Å². The number of hydrogen-bond donors (Lipinski definition) is 2. The second kappa shape index (κ2) is 9.74. The van der Waals surface area contributed by atoms with Crippen LogP contribution in [0.5, 0.6) is 5.75 Å². The average Bonchev–Trinajstić information content (AvgIpc) is 2.70. The van der Waals surface area contributed by atoms with E-state index in [1.54, 1.807) is 0 Å². The lowest BCUT2D eigenvalue weighted by molar-refractivity contribution is -0.136. The van der Waals surface area contributed by atoms with Crippen LogP contribution in [0.1, 0.15) is 44.9 Å². The molecule has 0 bridgehead atoms. The molecule has 1 atom stereocenters. The van der Waals surface area contributed by atoms with Crippen LogP contribution in [0.4, 0.5) is 0 Å². The number of piperidine rings is 1. The summed E-state index contributed by atoms with van der Waals surface area (Å²) in [6.07, 6.45) is 5.92. The number of nitrogens with two attached hydrogens (primary N) is 1. The molecule has 1 saturated carbocycles. The van der Waals surface area contributed by atoms with E-state index in [1.165, 1.54) is 0 Å². The number of amides is 2. The molecule has 6 nitrogen and oxygen atoms in total. The maximum atomic E-state index is 12.6. The molecule has 27 heavy (non-hydrogen) atoms. The Morgan fingerprint density at radius 3 is 2.59 bits per heavy atom. The summed E-state index contributed by atoms with van der Waals surface area (Å²) < 4.78 is 5.61. The van der Waals surface area contributed by atoms with E-state index in [0.717, 1.165) is 50.8 Å². The van der Waals surface area contributed by atoms with Crippen LogP contribution in [0.15, 0.2) is 30.3 Å². The first-order valence-electron chi connectivity index (χ1n) is 10.1. The Morgan fingerprint density at radius 2 is 1.85 bits per heavy atom. The third-order valence-corrected chi connectivity index (χ3v) is 5.59. The number of benzene rings is 1. The first-order chi connectivity index (χ1) is 13.1. The molecule has 1 aromatic rings. The molecule has 3 rings (SSSR count). The van der Waals surface area contributed by atoms with E-state index in [4.69, 9.17) is 10.5 Å². The number of carbonyl (C=O) groups excluding carboxylic acids is 2. The molecule has 1 aromatic carbocycles. The summed E-state index contributed by atoms with van der Waals surface area (Å²) >= 11 is 0. The molecule has 0 aromatic heterocycles. The highest BCUT2D eigenvalue weighted by Crippen LogP contribution is 2.21. The normalized spacial score (nSPS) is 25.7. The molecule has 0 radical (unpaired) electrons. The number of rotatable bonds is 6. The fourth-order valence-corrected chi connectivity index (χ4v) is 3.93. The third-order valence-electron chi connectivity index (χ3n) is 5.59. The summed E-state index contributed by atoms with van der Waals surface area (Å²) in [4.78, 5) is 26.9. The van der Waals surface area contributed by atoms with E-state index in [1.807, 2.05) is 35.2 Å². The molecule has 2 amide bonds. The van der Waals surface area contributed by atoms with Crippen molar-refractivity contribution in [3.8, 4) is 5.75 Å². The van der Waals surface area contributed by atoms with Gasteiger partial charge in [0, 0.05) is 25.2 Å². The number of para-hydroxylation sites is 1. The number of nitrogens with zero attached hydrogens (tertiary/aromatic N) is 1. The molecule has 1 unspecified atom stereocenters. The molecule has 1 aliphatic carbocycles. The van der Waals surface area contributed by atoms with Crippen LogP contribution in [-0.4, -0.2) is 48.5 Å². The van der Waals surface area contributed by atoms with Gasteiger partial charge in [-0.15, -0.1) is 0 Å². The lowest BCUT2D eigenvalue weighted by atomic mass is 9.90. The van der Waals surface area contributed by atoms with Crippen LogP contribution < -0.4 is 15.8 Å². The smallest absolute Gasteiger partial charge is 0.226 e. The highest BCUT2D eigenvalue weighted by atomic mass is 16.5. The predicted molar refractivity (Wildman–Crippen MR) is 104 cm³/mol. The van der Waals surface area contributed by atoms with Gasteiger partial charge < -0.3 is 20.7 Å². The van der Waals surface area contributed by atoms with Crippen molar-refractivity contribution in [2.24, 2.45) is 11.7 Å². The maximum Gasteiger partial charge on any atom is 0.226 e. The standard InChI is InChI=1S/C21H31N3O3/c22-17-8-10-18(11-9-17)23-21(26)16-5-4-13-24(15-16)20(25)12-14-27-19-6-2-1-3-7-19/h1-3,6-7,16-18H,4-5,8-15,22H2,(H,23,26). The van der Waals surface area contributed by atoms with Crippen LogP contribution in [0, 0.1) is 5.92 Å². The molecule has 148 valence electrons. The molecule has 1 aliphatic heterocycles. The van der Waals surface area contributed by atoms with Crippen molar-refractivity contribution in [2.45, 2.75) is 57.0 Å². The van der Waals surface area contributed by atoms with Gasteiger partial charge in [0.05, 0.1) is 18.9 Å². The number of nitrogens with one attached hydrogen (secondary N) is 1. The van der Waals surface area contributed by atoms with Crippen LogP contribution in [0.3, 0.4) is 0 Å². The summed E-state index contributed by atoms with van der Waals surface area (Å²) in [5.41, 5.74) is 5.93. The molecule has 1 saturated heterocycles. The van der Waals surface area contributed by atoms with Gasteiger partial charge in [-0.05, 0) is 50.7 Å². The van der Waals surface area contributed by atoms with Crippen LogP contribution >= 0.6 is 0 Å². The number of ether oxygens (including phenoxy) is 1. The zero-order chi connectivity index (χ0) is 19.1. The van der Waals surface area contributed by atoms with Crippen molar-refractivity contribution in [1.82, 2.24) is 10.2 Å². The Morgan fingerprint density at radius 1 is 1.11 bits per heavy atom. The second-order valence-corrected chi connectivity index (χ2v) is 7.71. The van der Waals surface area contributed by atoms with Gasteiger partial charge in [-0.2, -0.15) is 0 Å². The molecule has 2 aliphatic rings. The zero-order valence-electron chi connectivity index (χ0n) is 15.9. The van der Waals surface area contributed by atoms with Gasteiger partial charge in [-0.25, -0.2) is 0 Å².